The van der Waals surface area contributed by atoms with Crippen molar-refractivity contribution in [1.82, 2.24) is 9.80 Å². The topological polar surface area (TPSA) is 59.1 Å². The Bertz CT molecular complexity index is 887. The number of halogens is 4. The van der Waals surface area contributed by atoms with Crippen molar-refractivity contribution in [2.24, 2.45) is 0 Å². The van der Waals surface area contributed by atoms with Crippen molar-refractivity contribution in [2.45, 2.75) is 0 Å². The van der Waals surface area contributed by atoms with Crippen molar-refractivity contribution in [3.63, 3.8) is 0 Å². The summed E-state index contributed by atoms with van der Waals surface area (Å²) in [7, 11) is 0. The quantitative estimate of drug-likeness (QED) is 0.452. The molecule has 0 unspecified atom stereocenters. The van der Waals surface area contributed by atoms with Crippen LogP contribution in [0.5, 0.6) is 0 Å². The van der Waals surface area contributed by atoms with Gasteiger partial charge in [0, 0.05) is 39.3 Å². The van der Waals surface area contributed by atoms with Gasteiger partial charge in [-0.15, -0.1) is 0 Å². The summed E-state index contributed by atoms with van der Waals surface area (Å²) in [6, 6.07) is 6.64. The third-order valence-electron chi connectivity index (χ3n) is 5.09. The molecular weight excluding hydrogens is 432 g/mol. The Morgan fingerprint density at radius 3 is 1.44 bits per heavy atom. The summed E-state index contributed by atoms with van der Waals surface area (Å²) >= 11 is 0. The maximum atomic E-state index is 13.6. The number of piperazine rings is 1. The molecule has 1 aliphatic heterocycles. The fraction of sp³-hybridized carbons (Fsp3) is 0.364. The fourth-order valence-corrected chi connectivity index (χ4v) is 3.25. The molecule has 1 heterocycles. The van der Waals surface area contributed by atoms with Crippen LogP contribution in [0.4, 0.5) is 17.6 Å². The van der Waals surface area contributed by atoms with Crippen LogP contribution in [-0.4, -0.2) is 74.2 Å². The van der Waals surface area contributed by atoms with Gasteiger partial charge in [-0.3, -0.25) is 9.80 Å². The molecule has 0 saturated carbocycles. The van der Waals surface area contributed by atoms with Crippen LogP contribution in [0, 0.1) is 23.3 Å². The van der Waals surface area contributed by atoms with Gasteiger partial charge in [0.1, 0.15) is 13.2 Å². The summed E-state index contributed by atoms with van der Waals surface area (Å²) in [5, 5.41) is 0. The normalized spacial score (nSPS) is 14.9. The SMILES string of the molecule is O=C(OCCN1CCN(CCOC(=O)c2cccc(F)c2F)CC1)c1cccc(F)c1F. The zero-order valence-corrected chi connectivity index (χ0v) is 17.2. The maximum absolute atomic E-state index is 13.6. The van der Waals surface area contributed by atoms with Gasteiger partial charge in [-0.25, -0.2) is 27.2 Å². The number of rotatable bonds is 8. The number of hydrogen-bond donors (Lipinski definition) is 0. The van der Waals surface area contributed by atoms with Crippen molar-refractivity contribution in [1.29, 1.82) is 0 Å². The number of benzene rings is 2. The maximum Gasteiger partial charge on any atom is 0.341 e. The van der Waals surface area contributed by atoms with Gasteiger partial charge in [-0.2, -0.15) is 0 Å². The summed E-state index contributed by atoms with van der Waals surface area (Å²) in [4.78, 5) is 27.9. The van der Waals surface area contributed by atoms with Gasteiger partial charge in [0.05, 0.1) is 11.1 Å². The molecule has 0 atom stereocenters. The predicted octanol–water partition coefficient (Wildman–Crippen LogP) is 2.87. The van der Waals surface area contributed by atoms with Crippen LogP contribution < -0.4 is 0 Å². The molecule has 10 heteroatoms. The second-order valence-electron chi connectivity index (χ2n) is 7.16. The molecule has 172 valence electrons. The number of nitrogens with zero attached hydrogens (tertiary/aromatic N) is 2. The molecule has 6 nitrogen and oxygen atoms in total. The molecule has 0 bridgehead atoms. The van der Waals surface area contributed by atoms with E-state index >= 15 is 0 Å². The van der Waals surface area contributed by atoms with Gasteiger partial charge in [-0.05, 0) is 24.3 Å². The van der Waals surface area contributed by atoms with Crippen molar-refractivity contribution in [3.05, 3.63) is 70.8 Å². The Kier molecular flexibility index (Phi) is 8.18. The van der Waals surface area contributed by atoms with Crippen LogP contribution in [0.15, 0.2) is 36.4 Å². The average molecular weight is 454 g/mol. The first kappa shape index (κ1) is 23.7. The number of ether oxygens (including phenoxy) is 2. The largest absolute Gasteiger partial charge is 0.461 e. The number of carbonyl (C=O) groups is 2. The predicted molar refractivity (Wildman–Crippen MR) is 106 cm³/mol. The molecular formula is C22H22F4N2O4. The second kappa shape index (κ2) is 11.1. The zero-order valence-electron chi connectivity index (χ0n) is 17.2. The molecule has 0 N–H and O–H groups in total. The lowest BCUT2D eigenvalue weighted by molar-refractivity contribution is 0.0346. The molecule has 3 rings (SSSR count). The van der Waals surface area contributed by atoms with Crippen LogP contribution in [-0.2, 0) is 9.47 Å². The molecule has 0 aliphatic carbocycles. The number of hydrogen-bond acceptors (Lipinski definition) is 6. The lowest BCUT2D eigenvalue weighted by Gasteiger charge is -2.34. The highest BCUT2D eigenvalue weighted by Crippen LogP contribution is 2.14. The highest BCUT2D eigenvalue weighted by molar-refractivity contribution is 5.90. The Balaban J connectivity index is 1.33. The second-order valence-corrected chi connectivity index (χ2v) is 7.16. The Labute approximate surface area is 182 Å². The molecule has 1 saturated heterocycles. The van der Waals surface area contributed by atoms with Crippen LogP contribution in [0.25, 0.3) is 0 Å². The van der Waals surface area contributed by atoms with E-state index in [1.54, 1.807) is 0 Å². The highest BCUT2D eigenvalue weighted by Gasteiger charge is 2.20. The first-order chi connectivity index (χ1) is 15.4. The van der Waals surface area contributed by atoms with E-state index in [1.807, 2.05) is 9.80 Å². The van der Waals surface area contributed by atoms with Crippen LogP contribution in [0.3, 0.4) is 0 Å². The molecule has 0 spiro atoms. The summed E-state index contributed by atoms with van der Waals surface area (Å²) in [5.41, 5.74) is -0.884. The molecule has 0 aromatic heterocycles. The van der Waals surface area contributed by atoms with Crippen LogP contribution >= 0.6 is 0 Å². The summed E-state index contributed by atoms with van der Waals surface area (Å²) < 4.78 is 63.6. The molecule has 2 aromatic rings. The highest BCUT2D eigenvalue weighted by atomic mass is 19.2. The van der Waals surface area contributed by atoms with Gasteiger partial charge in [-0.1, -0.05) is 12.1 Å². The van der Waals surface area contributed by atoms with E-state index in [2.05, 4.69) is 0 Å². The number of esters is 2. The fourth-order valence-electron chi connectivity index (χ4n) is 3.25. The molecule has 2 aromatic carbocycles. The van der Waals surface area contributed by atoms with Crippen molar-refractivity contribution in [3.8, 4) is 0 Å². The van der Waals surface area contributed by atoms with E-state index in [0.717, 1.165) is 24.3 Å². The lowest BCUT2D eigenvalue weighted by atomic mass is 10.2. The van der Waals surface area contributed by atoms with Crippen molar-refractivity contribution in [2.75, 3.05) is 52.5 Å². The first-order valence-electron chi connectivity index (χ1n) is 10.0. The van der Waals surface area contributed by atoms with E-state index in [9.17, 15) is 27.2 Å². The molecule has 1 fully saturated rings. The summed E-state index contributed by atoms with van der Waals surface area (Å²) in [6.45, 7) is 3.60. The minimum atomic E-state index is -1.23. The first-order valence-corrected chi connectivity index (χ1v) is 10.0. The monoisotopic (exact) mass is 454 g/mol. The van der Waals surface area contributed by atoms with Crippen molar-refractivity contribution < 1.29 is 36.6 Å². The summed E-state index contributed by atoms with van der Waals surface area (Å²) in [5.74, 6) is -6.52. The van der Waals surface area contributed by atoms with E-state index < -0.39 is 46.3 Å². The minimum absolute atomic E-state index is 0.0333. The Hall–Kier alpha value is -2.98. The van der Waals surface area contributed by atoms with Crippen molar-refractivity contribution >= 4 is 11.9 Å². The van der Waals surface area contributed by atoms with E-state index in [0.29, 0.717) is 39.3 Å². The number of carbonyl (C=O) groups excluding carboxylic acids is 2. The summed E-state index contributed by atoms with van der Waals surface area (Å²) in [6.07, 6.45) is 0. The lowest BCUT2D eigenvalue weighted by Crippen LogP contribution is -2.48. The smallest absolute Gasteiger partial charge is 0.341 e. The van der Waals surface area contributed by atoms with E-state index in [1.165, 1.54) is 12.1 Å². The van der Waals surface area contributed by atoms with Crippen LogP contribution in [0.1, 0.15) is 20.7 Å². The van der Waals surface area contributed by atoms with Gasteiger partial charge in [0.15, 0.2) is 23.3 Å². The molecule has 0 radical (unpaired) electrons. The van der Waals surface area contributed by atoms with E-state index in [-0.39, 0.29) is 13.2 Å². The average Bonchev–Trinajstić information content (AvgIpc) is 2.78. The van der Waals surface area contributed by atoms with Crippen LogP contribution in [0.2, 0.25) is 0 Å². The van der Waals surface area contributed by atoms with E-state index in [4.69, 9.17) is 9.47 Å². The molecule has 1 aliphatic rings. The van der Waals surface area contributed by atoms with Gasteiger partial charge < -0.3 is 9.47 Å². The Morgan fingerprint density at radius 1 is 0.688 bits per heavy atom. The van der Waals surface area contributed by atoms with Gasteiger partial charge >= 0.3 is 11.9 Å². The minimum Gasteiger partial charge on any atom is -0.461 e. The third kappa shape index (κ3) is 6.04. The third-order valence-corrected chi connectivity index (χ3v) is 5.09. The molecule has 0 amide bonds. The van der Waals surface area contributed by atoms with Gasteiger partial charge in [0.2, 0.25) is 0 Å². The standard InChI is InChI=1S/C22H22F4N2O4/c23-17-5-1-3-15(19(17)25)21(29)31-13-11-27-7-9-28(10-8-27)12-14-32-22(30)16-4-2-6-18(24)20(16)26/h1-6H,7-14H2. The zero-order chi connectivity index (χ0) is 23.1. The molecule has 32 heavy (non-hydrogen) atoms. The Morgan fingerprint density at radius 2 is 1.06 bits per heavy atom. The van der Waals surface area contributed by atoms with Gasteiger partial charge in [0.25, 0.3) is 0 Å².